The lowest BCUT2D eigenvalue weighted by molar-refractivity contribution is -0.126. The number of amides is 2. The minimum Gasteiger partial charge on any atom is -0.352 e. The monoisotopic (exact) mass is 289 g/mol. The van der Waals surface area contributed by atoms with E-state index in [9.17, 15) is 9.59 Å². The molecule has 1 aromatic carbocycles. The molecule has 0 saturated carbocycles. The van der Waals surface area contributed by atoms with E-state index < -0.39 is 0 Å². The van der Waals surface area contributed by atoms with Crippen molar-refractivity contribution in [2.45, 2.75) is 46.1 Å². The SMILES string of the molecule is CCC(CC)=NNC(=O)CCC(=O)NCc1ccccc1. The zero-order chi connectivity index (χ0) is 15.5. The van der Waals surface area contributed by atoms with Gasteiger partial charge in [0.25, 0.3) is 0 Å². The quantitative estimate of drug-likeness (QED) is 0.570. The van der Waals surface area contributed by atoms with Crippen LogP contribution >= 0.6 is 0 Å². The number of benzene rings is 1. The van der Waals surface area contributed by atoms with Crippen LogP contribution in [0.4, 0.5) is 0 Å². The fourth-order valence-corrected chi connectivity index (χ4v) is 1.72. The van der Waals surface area contributed by atoms with Crippen LogP contribution in [0.15, 0.2) is 35.4 Å². The molecule has 0 spiro atoms. The third-order valence-corrected chi connectivity index (χ3v) is 3.07. The largest absolute Gasteiger partial charge is 0.352 e. The van der Waals surface area contributed by atoms with Crippen LogP contribution in [0.1, 0.15) is 45.1 Å². The molecule has 21 heavy (non-hydrogen) atoms. The van der Waals surface area contributed by atoms with Gasteiger partial charge in [0, 0.05) is 25.1 Å². The molecule has 5 heteroatoms. The molecule has 0 atom stereocenters. The number of nitrogens with one attached hydrogen (secondary N) is 2. The van der Waals surface area contributed by atoms with Crippen molar-refractivity contribution in [3.05, 3.63) is 35.9 Å². The van der Waals surface area contributed by atoms with Crippen LogP contribution in [0, 0.1) is 0 Å². The summed E-state index contributed by atoms with van der Waals surface area (Å²) in [5.74, 6) is -0.367. The van der Waals surface area contributed by atoms with Crippen LogP contribution in [-0.2, 0) is 16.1 Å². The molecule has 5 nitrogen and oxygen atoms in total. The Bertz CT molecular complexity index is 478. The molecule has 0 heterocycles. The van der Waals surface area contributed by atoms with E-state index in [1.54, 1.807) is 0 Å². The molecule has 1 rings (SSSR count). The first-order valence-corrected chi connectivity index (χ1v) is 7.30. The zero-order valence-electron chi connectivity index (χ0n) is 12.7. The summed E-state index contributed by atoms with van der Waals surface area (Å²) in [4.78, 5) is 23.2. The summed E-state index contributed by atoms with van der Waals surface area (Å²) < 4.78 is 0. The van der Waals surface area contributed by atoms with Crippen molar-refractivity contribution in [1.29, 1.82) is 0 Å². The minimum atomic E-state index is -0.232. The molecule has 0 aliphatic carbocycles. The first-order valence-electron chi connectivity index (χ1n) is 7.30. The average molecular weight is 289 g/mol. The average Bonchev–Trinajstić information content (AvgIpc) is 2.53. The Labute approximate surface area is 125 Å². The summed E-state index contributed by atoms with van der Waals surface area (Å²) in [5, 5.41) is 6.80. The van der Waals surface area contributed by atoms with Gasteiger partial charge in [-0.15, -0.1) is 0 Å². The van der Waals surface area contributed by atoms with Crippen LogP contribution in [0.2, 0.25) is 0 Å². The highest BCUT2D eigenvalue weighted by atomic mass is 16.2. The van der Waals surface area contributed by atoms with Crippen molar-refractivity contribution >= 4 is 17.5 Å². The van der Waals surface area contributed by atoms with Crippen molar-refractivity contribution in [1.82, 2.24) is 10.7 Å². The van der Waals surface area contributed by atoms with E-state index in [2.05, 4.69) is 15.8 Å². The minimum absolute atomic E-state index is 0.135. The van der Waals surface area contributed by atoms with Gasteiger partial charge in [0.1, 0.15) is 0 Å². The van der Waals surface area contributed by atoms with Crippen molar-refractivity contribution in [2.75, 3.05) is 0 Å². The van der Waals surface area contributed by atoms with Gasteiger partial charge < -0.3 is 5.32 Å². The molecular formula is C16H23N3O2. The van der Waals surface area contributed by atoms with Crippen molar-refractivity contribution < 1.29 is 9.59 Å². The molecule has 0 unspecified atom stereocenters. The predicted molar refractivity (Wildman–Crippen MR) is 83.7 cm³/mol. The van der Waals surface area contributed by atoms with Gasteiger partial charge >= 0.3 is 0 Å². The number of hydrogen-bond acceptors (Lipinski definition) is 3. The topological polar surface area (TPSA) is 70.6 Å². The number of hydrogen-bond donors (Lipinski definition) is 2. The van der Waals surface area contributed by atoms with E-state index in [0.717, 1.165) is 24.1 Å². The molecule has 0 aliphatic rings. The summed E-state index contributed by atoms with van der Waals surface area (Å²) in [6.45, 7) is 4.46. The molecule has 0 aliphatic heterocycles. The summed E-state index contributed by atoms with van der Waals surface area (Å²) in [6.07, 6.45) is 1.94. The third kappa shape index (κ3) is 7.25. The third-order valence-electron chi connectivity index (χ3n) is 3.07. The molecule has 2 amide bonds. The smallest absolute Gasteiger partial charge is 0.240 e. The Hall–Kier alpha value is -2.17. The zero-order valence-corrected chi connectivity index (χ0v) is 12.7. The van der Waals surface area contributed by atoms with Crippen molar-refractivity contribution in [3.63, 3.8) is 0 Å². The van der Waals surface area contributed by atoms with Gasteiger partial charge in [-0.25, -0.2) is 5.43 Å². The standard InChI is InChI=1S/C16H23N3O2/c1-3-14(4-2)18-19-16(21)11-10-15(20)17-12-13-8-6-5-7-9-13/h5-9H,3-4,10-12H2,1-2H3,(H,17,20)(H,19,21). The summed E-state index contributed by atoms with van der Waals surface area (Å²) >= 11 is 0. The fraction of sp³-hybridized carbons (Fsp3) is 0.438. The summed E-state index contributed by atoms with van der Waals surface area (Å²) in [6, 6.07) is 9.66. The second-order valence-electron chi connectivity index (χ2n) is 4.68. The number of nitrogens with zero attached hydrogens (tertiary/aromatic N) is 1. The number of carbonyl (C=O) groups is 2. The Balaban J connectivity index is 2.23. The van der Waals surface area contributed by atoms with E-state index in [1.165, 1.54) is 0 Å². The number of carbonyl (C=O) groups excluding carboxylic acids is 2. The first-order chi connectivity index (χ1) is 10.2. The van der Waals surface area contributed by atoms with Crippen molar-refractivity contribution in [2.24, 2.45) is 5.10 Å². The first kappa shape index (κ1) is 16.9. The van der Waals surface area contributed by atoms with Gasteiger partial charge in [-0.2, -0.15) is 5.10 Å². The fourth-order valence-electron chi connectivity index (χ4n) is 1.72. The predicted octanol–water partition coefficient (Wildman–Crippen LogP) is 2.38. The lowest BCUT2D eigenvalue weighted by Crippen LogP contribution is -2.26. The van der Waals surface area contributed by atoms with E-state index in [0.29, 0.717) is 6.54 Å². The molecule has 0 saturated heterocycles. The molecule has 0 radical (unpaired) electrons. The molecule has 2 N–H and O–H groups in total. The molecule has 1 aromatic rings. The Morgan fingerprint density at radius 3 is 2.24 bits per heavy atom. The van der Waals surface area contributed by atoms with E-state index >= 15 is 0 Å². The van der Waals surface area contributed by atoms with E-state index in [1.807, 2.05) is 44.2 Å². The van der Waals surface area contributed by atoms with Gasteiger partial charge in [-0.3, -0.25) is 9.59 Å². The van der Waals surface area contributed by atoms with Gasteiger partial charge in [0.15, 0.2) is 0 Å². The van der Waals surface area contributed by atoms with Crippen LogP contribution in [0.3, 0.4) is 0 Å². The maximum Gasteiger partial charge on any atom is 0.240 e. The van der Waals surface area contributed by atoms with Gasteiger partial charge in [0.05, 0.1) is 0 Å². The Morgan fingerprint density at radius 2 is 1.62 bits per heavy atom. The normalized spacial score (nSPS) is 9.81. The Morgan fingerprint density at radius 1 is 1.00 bits per heavy atom. The van der Waals surface area contributed by atoms with Crippen LogP contribution in [0.5, 0.6) is 0 Å². The Kier molecular flexibility index (Phi) is 7.79. The van der Waals surface area contributed by atoms with Gasteiger partial charge in [-0.05, 0) is 18.4 Å². The highest BCUT2D eigenvalue weighted by Crippen LogP contribution is 1.98. The summed E-state index contributed by atoms with van der Waals surface area (Å²) in [5.41, 5.74) is 4.46. The highest BCUT2D eigenvalue weighted by Gasteiger charge is 2.06. The molecule has 114 valence electrons. The maximum absolute atomic E-state index is 11.6. The molecule has 0 aromatic heterocycles. The maximum atomic E-state index is 11.6. The molecule has 0 fully saturated rings. The second kappa shape index (κ2) is 9.69. The van der Waals surface area contributed by atoms with Crippen LogP contribution < -0.4 is 10.7 Å². The van der Waals surface area contributed by atoms with E-state index in [4.69, 9.17) is 0 Å². The molecular weight excluding hydrogens is 266 g/mol. The van der Waals surface area contributed by atoms with Gasteiger partial charge in [-0.1, -0.05) is 44.2 Å². The number of rotatable bonds is 8. The van der Waals surface area contributed by atoms with E-state index in [-0.39, 0.29) is 24.7 Å². The van der Waals surface area contributed by atoms with Gasteiger partial charge in [0.2, 0.25) is 11.8 Å². The van der Waals surface area contributed by atoms with Crippen LogP contribution in [-0.4, -0.2) is 17.5 Å². The van der Waals surface area contributed by atoms with Crippen LogP contribution in [0.25, 0.3) is 0 Å². The highest BCUT2D eigenvalue weighted by molar-refractivity contribution is 5.87. The summed E-state index contributed by atoms with van der Waals surface area (Å²) in [7, 11) is 0. The second-order valence-corrected chi connectivity index (χ2v) is 4.68. The lowest BCUT2D eigenvalue weighted by atomic mass is 10.2. The molecule has 0 bridgehead atoms. The van der Waals surface area contributed by atoms with Crippen molar-refractivity contribution in [3.8, 4) is 0 Å². The lowest BCUT2D eigenvalue weighted by Gasteiger charge is -2.05. The number of hydrazone groups is 1.